The molecule has 7 nitrogen and oxygen atoms in total. The predicted octanol–water partition coefficient (Wildman–Crippen LogP) is 4.40. The monoisotopic (exact) mass is 418 g/mol. The Morgan fingerprint density at radius 3 is 2.90 bits per heavy atom. The Labute approximate surface area is 172 Å². The number of hydrogen-bond acceptors (Lipinski definition) is 7. The van der Waals surface area contributed by atoms with Gasteiger partial charge in [0.05, 0.1) is 5.69 Å². The third kappa shape index (κ3) is 4.30. The number of oxazole rings is 1. The fourth-order valence-electron chi connectivity index (χ4n) is 3.89. The number of phenolic OH excluding ortho intramolecular Hbond substituents is 1. The van der Waals surface area contributed by atoms with Crippen molar-refractivity contribution in [3.05, 3.63) is 29.8 Å². The van der Waals surface area contributed by atoms with Gasteiger partial charge in [-0.15, -0.1) is 0 Å². The standard InChI is InChI=1S/C21H24F2N4O3/c1-3-27-8-4-5-13(11-27)24-21-26-19-17(30-21)7-6-15(25-19)18-12(2)9-14(10-16(18)28)29-20(22)23/h6-7,9-10,13,20,28H,3-5,8,11H2,1-2H3,(H,24,25,26)/t13-/m1/s1. The van der Waals surface area contributed by atoms with Crippen LogP contribution in [0.25, 0.3) is 22.5 Å². The first-order chi connectivity index (χ1) is 14.4. The van der Waals surface area contributed by atoms with Crippen LogP contribution in [-0.2, 0) is 0 Å². The largest absolute Gasteiger partial charge is 0.507 e. The molecule has 1 aliphatic heterocycles. The van der Waals surface area contributed by atoms with Crippen LogP contribution in [0.15, 0.2) is 28.7 Å². The SMILES string of the molecule is CCN1CCC[C@@H](Nc2nc3nc(-c4c(C)cc(OC(F)F)cc4O)ccc3o2)C1. The summed E-state index contributed by atoms with van der Waals surface area (Å²) in [5, 5.41) is 13.7. The highest BCUT2D eigenvalue weighted by molar-refractivity contribution is 5.78. The minimum Gasteiger partial charge on any atom is -0.507 e. The first-order valence-corrected chi connectivity index (χ1v) is 9.98. The van der Waals surface area contributed by atoms with Crippen LogP contribution in [0.5, 0.6) is 11.5 Å². The quantitative estimate of drug-likeness (QED) is 0.614. The summed E-state index contributed by atoms with van der Waals surface area (Å²) in [6.45, 7) is 3.94. The van der Waals surface area contributed by atoms with Crippen molar-refractivity contribution in [1.29, 1.82) is 0 Å². The maximum absolute atomic E-state index is 12.5. The number of pyridine rings is 1. The van der Waals surface area contributed by atoms with E-state index in [2.05, 4.69) is 31.8 Å². The molecule has 4 rings (SSSR count). The number of rotatable bonds is 6. The number of hydrogen-bond donors (Lipinski definition) is 2. The summed E-state index contributed by atoms with van der Waals surface area (Å²) in [6.07, 6.45) is 2.17. The molecule has 1 saturated heterocycles. The van der Waals surface area contributed by atoms with Crippen molar-refractivity contribution in [2.75, 3.05) is 25.0 Å². The zero-order valence-electron chi connectivity index (χ0n) is 16.9. The third-order valence-electron chi connectivity index (χ3n) is 5.30. The summed E-state index contributed by atoms with van der Waals surface area (Å²) in [5.41, 5.74) is 2.39. The molecule has 0 bridgehead atoms. The highest BCUT2D eigenvalue weighted by atomic mass is 19.3. The van der Waals surface area contributed by atoms with E-state index >= 15 is 0 Å². The Kier molecular flexibility index (Phi) is 5.72. The van der Waals surface area contributed by atoms with E-state index in [1.165, 1.54) is 6.07 Å². The summed E-state index contributed by atoms with van der Waals surface area (Å²) in [6, 6.07) is 6.70. The smallest absolute Gasteiger partial charge is 0.387 e. The maximum Gasteiger partial charge on any atom is 0.387 e. The maximum atomic E-state index is 12.5. The number of likely N-dealkylation sites (N-methyl/N-ethyl adjacent to an activating group) is 1. The molecule has 3 aromatic rings. The molecule has 0 radical (unpaired) electrons. The number of halogens is 2. The molecule has 0 saturated carbocycles. The number of likely N-dealkylation sites (tertiary alicyclic amines) is 1. The normalized spacial score (nSPS) is 17.6. The van der Waals surface area contributed by atoms with Gasteiger partial charge in [0.15, 0.2) is 5.58 Å². The number of alkyl halides is 2. The number of benzene rings is 1. The van der Waals surface area contributed by atoms with E-state index in [-0.39, 0.29) is 17.5 Å². The third-order valence-corrected chi connectivity index (χ3v) is 5.30. The number of piperidine rings is 1. The van der Waals surface area contributed by atoms with Crippen molar-refractivity contribution in [1.82, 2.24) is 14.9 Å². The van der Waals surface area contributed by atoms with Gasteiger partial charge in [-0.25, -0.2) is 4.98 Å². The number of anilines is 1. The van der Waals surface area contributed by atoms with E-state index < -0.39 is 6.61 Å². The molecule has 2 N–H and O–H groups in total. The van der Waals surface area contributed by atoms with Gasteiger partial charge < -0.3 is 24.5 Å². The van der Waals surface area contributed by atoms with Gasteiger partial charge in [0.1, 0.15) is 11.5 Å². The number of fused-ring (bicyclic) bond motifs is 1. The molecule has 0 aliphatic carbocycles. The summed E-state index contributed by atoms with van der Waals surface area (Å²) in [7, 11) is 0. The molecule has 1 fully saturated rings. The molecule has 1 aliphatic rings. The van der Waals surface area contributed by atoms with Gasteiger partial charge in [0.2, 0.25) is 5.65 Å². The van der Waals surface area contributed by atoms with Gasteiger partial charge in [-0.1, -0.05) is 6.92 Å². The molecule has 2 aromatic heterocycles. The number of aromatic nitrogens is 2. The van der Waals surface area contributed by atoms with Crippen LogP contribution in [0.3, 0.4) is 0 Å². The van der Waals surface area contributed by atoms with Gasteiger partial charge in [0, 0.05) is 24.2 Å². The van der Waals surface area contributed by atoms with Crippen LogP contribution in [0, 0.1) is 6.92 Å². The van der Waals surface area contributed by atoms with Gasteiger partial charge in [-0.2, -0.15) is 13.8 Å². The zero-order chi connectivity index (χ0) is 21.3. The molecule has 0 spiro atoms. The summed E-state index contributed by atoms with van der Waals surface area (Å²) >= 11 is 0. The number of phenols is 1. The Hall–Kier alpha value is -2.94. The first-order valence-electron chi connectivity index (χ1n) is 9.98. The Morgan fingerprint density at radius 1 is 1.33 bits per heavy atom. The second-order valence-corrected chi connectivity index (χ2v) is 7.43. The van der Waals surface area contributed by atoms with Crippen molar-refractivity contribution in [3.8, 4) is 22.8 Å². The van der Waals surface area contributed by atoms with E-state index in [1.807, 2.05) is 0 Å². The number of nitrogens with zero attached hydrogens (tertiary/aromatic N) is 3. The van der Waals surface area contributed by atoms with Crippen molar-refractivity contribution < 1.29 is 23.0 Å². The number of ether oxygens (including phenoxy) is 1. The van der Waals surface area contributed by atoms with E-state index in [1.54, 1.807) is 19.1 Å². The van der Waals surface area contributed by atoms with Gasteiger partial charge in [-0.3, -0.25) is 0 Å². The van der Waals surface area contributed by atoms with Crippen LogP contribution in [-0.4, -0.2) is 52.3 Å². The van der Waals surface area contributed by atoms with Crippen molar-refractivity contribution >= 4 is 17.2 Å². The number of aryl methyl sites for hydroxylation is 1. The molecular formula is C21H24F2N4O3. The van der Waals surface area contributed by atoms with E-state index in [0.29, 0.717) is 34.1 Å². The average molecular weight is 418 g/mol. The van der Waals surface area contributed by atoms with Crippen molar-refractivity contribution in [2.45, 2.75) is 39.3 Å². The molecule has 3 heterocycles. The molecule has 160 valence electrons. The molecular weight excluding hydrogens is 394 g/mol. The topological polar surface area (TPSA) is 83.7 Å². The Morgan fingerprint density at radius 2 is 2.17 bits per heavy atom. The van der Waals surface area contributed by atoms with Crippen molar-refractivity contribution in [3.63, 3.8) is 0 Å². The minimum atomic E-state index is -2.96. The molecule has 0 amide bonds. The van der Waals surface area contributed by atoms with Gasteiger partial charge >= 0.3 is 6.61 Å². The fraction of sp³-hybridized carbons (Fsp3) is 0.429. The molecule has 9 heteroatoms. The molecule has 0 unspecified atom stereocenters. The van der Waals surface area contributed by atoms with Gasteiger partial charge in [0.25, 0.3) is 6.01 Å². The number of nitrogens with one attached hydrogen (secondary N) is 1. The average Bonchev–Trinajstić information content (AvgIpc) is 3.08. The second kappa shape index (κ2) is 8.43. The first kappa shape index (κ1) is 20.3. The molecule has 1 aromatic carbocycles. The minimum absolute atomic E-state index is 0.105. The lowest BCUT2D eigenvalue weighted by atomic mass is 10.0. The van der Waals surface area contributed by atoms with E-state index in [0.717, 1.165) is 38.5 Å². The Balaban J connectivity index is 1.58. The fourth-order valence-corrected chi connectivity index (χ4v) is 3.89. The highest BCUT2D eigenvalue weighted by Gasteiger charge is 2.21. The van der Waals surface area contributed by atoms with E-state index in [4.69, 9.17) is 4.42 Å². The lowest BCUT2D eigenvalue weighted by Crippen LogP contribution is -2.41. The van der Waals surface area contributed by atoms with Crippen LogP contribution in [0.4, 0.5) is 14.8 Å². The summed E-state index contributed by atoms with van der Waals surface area (Å²) in [4.78, 5) is 11.3. The summed E-state index contributed by atoms with van der Waals surface area (Å²) < 4.78 is 35.1. The zero-order valence-corrected chi connectivity index (χ0v) is 16.9. The van der Waals surface area contributed by atoms with Crippen LogP contribution >= 0.6 is 0 Å². The van der Waals surface area contributed by atoms with Crippen molar-refractivity contribution in [2.24, 2.45) is 0 Å². The van der Waals surface area contributed by atoms with Crippen LogP contribution < -0.4 is 10.1 Å². The lowest BCUT2D eigenvalue weighted by molar-refractivity contribution is -0.0499. The second-order valence-electron chi connectivity index (χ2n) is 7.43. The predicted molar refractivity (Wildman–Crippen MR) is 109 cm³/mol. The van der Waals surface area contributed by atoms with E-state index in [9.17, 15) is 13.9 Å². The summed E-state index contributed by atoms with van der Waals surface area (Å²) in [5.74, 6) is -0.299. The highest BCUT2D eigenvalue weighted by Crippen LogP contribution is 2.36. The Bertz CT molecular complexity index is 1020. The molecule has 30 heavy (non-hydrogen) atoms. The van der Waals surface area contributed by atoms with Gasteiger partial charge in [-0.05, 0) is 56.6 Å². The van der Waals surface area contributed by atoms with Crippen LogP contribution in [0.1, 0.15) is 25.3 Å². The molecule has 1 atom stereocenters. The van der Waals surface area contributed by atoms with Crippen LogP contribution in [0.2, 0.25) is 0 Å². The lowest BCUT2D eigenvalue weighted by Gasteiger charge is -2.31. The number of aromatic hydroxyl groups is 1.